The van der Waals surface area contributed by atoms with E-state index < -0.39 is 11.4 Å². The molecule has 0 aromatic carbocycles. The highest BCUT2D eigenvalue weighted by Gasteiger charge is 2.44. The van der Waals surface area contributed by atoms with Crippen LogP contribution in [0.2, 0.25) is 0 Å². The van der Waals surface area contributed by atoms with E-state index in [0.29, 0.717) is 5.92 Å². The third-order valence-corrected chi connectivity index (χ3v) is 4.82. The van der Waals surface area contributed by atoms with E-state index >= 15 is 0 Å². The van der Waals surface area contributed by atoms with Crippen molar-refractivity contribution >= 4 is 5.97 Å². The average molecular weight is 239 g/mol. The summed E-state index contributed by atoms with van der Waals surface area (Å²) in [7, 11) is 0. The second kappa shape index (κ2) is 4.97. The molecule has 2 aliphatic rings. The average Bonchev–Trinajstić information content (AvgIpc) is 2.25. The third-order valence-electron chi connectivity index (χ3n) is 4.82. The number of hydrogen-bond donors (Lipinski definition) is 1. The zero-order chi connectivity index (χ0) is 12.5. The van der Waals surface area contributed by atoms with E-state index in [4.69, 9.17) is 0 Å². The van der Waals surface area contributed by atoms with Crippen molar-refractivity contribution in [3.8, 4) is 0 Å². The fourth-order valence-electron chi connectivity index (χ4n) is 3.25. The first kappa shape index (κ1) is 12.9. The molecule has 1 N–H and O–H groups in total. The zero-order valence-electron chi connectivity index (χ0n) is 11.1. The van der Waals surface area contributed by atoms with Crippen molar-refractivity contribution in [1.82, 2.24) is 4.90 Å². The first-order valence-corrected chi connectivity index (χ1v) is 7.01. The quantitative estimate of drug-likeness (QED) is 0.820. The van der Waals surface area contributed by atoms with Crippen LogP contribution in [0.15, 0.2) is 0 Å². The SMILES string of the molecule is CCC1CN(CC2(C(=O)O)CCC(C)CC2)C1. The molecular weight excluding hydrogens is 214 g/mol. The number of carboxylic acid groups (broad SMARTS) is 1. The zero-order valence-corrected chi connectivity index (χ0v) is 11.1. The van der Waals surface area contributed by atoms with Crippen molar-refractivity contribution in [3.05, 3.63) is 0 Å². The Kier molecular flexibility index (Phi) is 3.76. The van der Waals surface area contributed by atoms with Crippen molar-refractivity contribution in [2.24, 2.45) is 17.3 Å². The molecule has 3 nitrogen and oxygen atoms in total. The number of nitrogens with zero attached hydrogens (tertiary/aromatic N) is 1. The van der Waals surface area contributed by atoms with Crippen LogP contribution in [0, 0.1) is 17.3 Å². The van der Waals surface area contributed by atoms with Crippen LogP contribution in [0.3, 0.4) is 0 Å². The van der Waals surface area contributed by atoms with Gasteiger partial charge in [-0.1, -0.05) is 20.3 Å². The maximum absolute atomic E-state index is 11.6. The molecule has 1 saturated carbocycles. The molecule has 1 saturated heterocycles. The minimum atomic E-state index is -0.565. The molecule has 1 aliphatic carbocycles. The second-order valence-electron chi connectivity index (χ2n) is 6.24. The lowest BCUT2D eigenvalue weighted by atomic mass is 9.70. The Morgan fingerprint density at radius 1 is 1.35 bits per heavy atom. The lowest BCUT2D eigenvalue weighted by Crippen LogP contribution is -2.54. The van der Waals surface area contributed by atoms with Crippen LogP contribution in [0.1, 0.15) is 46.0 Å². The first-order valence-electron chi connectivity index (χ1n) is 7.01. The van der Waals surface area contributed by atoms with Crippen molar-refractivity contribution in [1.29, 1.82) is 0 Å². The van der Waals surface area contributed by atoms with Gasteiger partial charge < -0.3 is 10.0 Å². The Balaban J connectivity index is 1.92. The van der Waals surface area contributed by atoms with Gasteiger partial charge in [-0.3, -0.25) is 4.79 Å². The molecule has 0 aromatic rings. The minimum absolute atomic E-state index is 0.439. The van der Waals surface area contributed by atoms with Crippen molar-refractivity contribution in [2.45, 2.75) is 46.0 Å². The highest BCUT2D eigenvalue weighted by Crippen LogP contribution is 2.41. The summed E-state index contributed by atoms with van der Waals surface area (Å²) >= 11 is 0. The van der Waals surface area contributed by atoms with Gasteiger partial charge in [0.25, 0.3) is 0 Å². The van der Waals surface area contributed by atoms with Crippen LogP contribution in [-0.2, 0) is 4.79 Å². The predicted octanol–water partition coefficient (Wildman–Crippen LogP) is 2.61. The van der Waals surface area contributed by atoms with Crippen molar-refractivity contribution < 1.29 is 9.90 Å². The molecule has 0 amide bonds. The molecule has 0 bridgehead atoms. The number of rotatable bonds is 4. The summed E-state index contributed by atoms with van der Waals surface area (Å²) in [6, 6.07) is 0. The van der Waals surface area contributed by atoms with Crippen LogP contribution >= 0.6 is 0 Å². The summed E-state index contributed by atoms with van der Waals surface area (Å²) in [4.78, 5) is 13.9. The molecular formula is C14H25NO2. The summed E-state index contributed by atoms with van der Waals surface area (Å²) in [5.41, 5.74) is -0.439. The summed E-state index contributed by atoms with van der Waals surface area (Å²) in [5.74, 6) is 0.954. The van der Waals surface area contributed by atoms with Gasteiger partial charge in [0.05, 0.1) is 5.41 Å². The lowest BCUT2D eigenvalue weighted by molar-refractivity contribution is -0.154. The molecule has 1 heterocycles. The molecule has 3 heteroatoms. The fourth-order valence-corrected chi connectivity index (χ4v) is 3.25. The molecule has 0 radical (unpaired) electrons. The van der Waals surface area contributed by atoms with Crippen molar-refractivity contribution in [3.63, 3.8) is 0 Å². The van der Waals surface area contributed by atoms with Gasteiger partial charge in [0.1, 0.15) is 0 Å². The summed E-state index contributed by atoms with van der Waals surface area (Å²) in [5, 5.41) is 9.54. The topological polar surface area (TPSA) is 40.5 Å². The molecule has 0 aromatic heterocycles. The smallest absolute Gasteiger partial charge is 0.310 e. The normalized spacial score (nSPS) is 35.5. The second-order valence-corrected chi connectivity index (χ2v) is 6.24. The number of carboxylic acids is 1. The summed E-state index contributed by atoms with van der Waals surface area (Å²) in [6.45, 7) is 7.47. The number of carbonyl (C=O) groups is 1. The lowest BCUT2D eigenvalue weighted by Gasteiger charge is -2.46. The standard InChI is InChI=1S/C14H25NO2/c1-3-12-8-15(9-12)10-14(13(16)17)6-4-11(2)5-7-14/h11-12H,3-10H2,1-2H3,(H,16,17). The summed E-state index contributed by atoms with van der Waals surface area (Å²) in [6.07, 6.45) is 5.13. The number of likely N-dealkylation sites (tertiary alicyclic amines) is 1. The van der Waals surface area contributed by atoms with Crippen LogP contribution in [0.4, 0.5) is 0 Å². The van der Waals surface area contributed by atoms with Gasteiger partial charge in [-0.2, -0.15) is 0 Å². The Morgan fingerprint density at radius 2 is 1.94 bits per heavy atom. The maximum Gasteiger partial charge on any atom is 0.310 e. The first-order chi connectivity index (χ1) is 8.05. The van der Waals surface area contributed by atoms with Gasteiger partial charge in [-0.05, 0) is 37.5 Å². The van der Waals surface area contributed by atoms with Gasteiger partial charge in [0.15, 0.2) is 0 Å². The highest BCUT2D eigenvalue weighted by molar-refractivity contribution is 5.75. The van der Waals surface area contributed by atoms with Crippen LogP contribution in [-0.4, -0.2) is 35.6 Å². The van der Waals surface area contributed by atoms with E-state index in [9.17, 15) is 9.90 Å². The van der Waals surface area contributed by atoms with E-state index in [-0.39, 0.29) is 0 Å². The molecule has 2 rings (SSSR count). The van der Waals surface area contributed by atoms with E-state index in [1.807, 2.05) is 0 Å². The van der Waals surface area contributed by atoms with E-state index in [1.165, 1.54) is 6.42 Å². The molecule has 98 valence electrons. The molecule has 1 aliphatic heterocycles. The summed E-state index contributed by atoms with van der Waals surface area (Å²) < 4.78 is 0. The van der Waals surface area contributed by atoms with Crippen LogP contribution in [0.5, 0.6) is 0 Å². The van der Waals surface area contributed by atoms with Crippen LogP contribution < -0.4 is 0 Å². The Morgan fingerprint density at radius 3 is 2.41 bits per heavy atom. The van der Waals surface area contributed by atoms with Crippen LogP contribution in [0.25, 0.3) is 0 Å². The molecule has 0 spiro atoms. The molecule has 0 atom stereocenters. The Labute approximate surface area is 104 Å². The van der Waals surface area contributed by atoms with E-state index in [0.717, 1.165) is 51.2 Å². The minimum Gasteiger partial charge on any atom is -0.481 e. The van der Waals surface area contributed by atoms with Gasteiger partial charge >= 0.3 is 5.97 Å². The predicted molar refractivity (Wildman–Crippen MR) is 67.9 cm³/mol. The Bertz CT molecular complexity index is 276. The molecule has 17 heavy (non-hydrogen) atoms. The van der Waals surface area contributed by atoms with Gasteiger partial charge in [0.2, 0.25) is 0 Å². The van der Waals surface area contributed by atoms with E-state index in [2.05, 4.69) is 18.7 Å². The third kappa shape index (κ3) is 2.65. The number of hydrogen-bond acceptors (Lipinski definition) is 2. The number of aliphatic carboxylic acids is 1. The highest BCUT2D eigenvalue weighted by atomic mass is 16.4. The Hall–Kier alpha value is -0.570. The molecule has 2 fully saturated rings. The molecule has 0 unspecified atom stereocenters. The van der Waals surface area contributed by atoms with Gasteiger partial charge in [-0.25, -0.2) is 0 Å². The fraction of sp³-hybridized carbons (Fsp3) is 0.929. The van der Waals surface area contributed by atoms with Gasteiger partial charge in [-0.15, -0.1) is 0 Å². The largest absolute Gasteiger partial charge is 0.481 e. The monoisotopic (exact) mass is 239 g/mol. The van der Waals surface area contributed by atoms with Crippen molar-refractivity contribution in [2.75, 3.05) is 19.6 Å². The maximum atomic E-state index is 11.6. The van der Waals surface area contributed by atoms with Gasteiger partial charge in [0, 0.05) is 19.6 Å². The van der Waals surface area contributed by atoms with E-state index in [1.54, 1.807) is 0 Å².